The number of rotatable bonds is 3. The van der Waals surface area contributed by atoms with Gasteiger partial charge in [0.15, 0.2) is 5.96 Å². The van der Waals surface area contributed by atoms with Gasteiger partial charge in [-0.05, 0) is 24.5 Å². The van der Waals surface area contributed by atoms with Crippen LogP contribution in [0.5, 0.6) is 0 Å². The Hall–Kier alpha value is -1.79. The van der Waals surface area contributed by atoms with E-state index in [1.165, 1.54) is 6.20 Å². The van der Waals surface area contributed by atoms with Crippen LogP contribution in [0, 0.1) is 5.41 Å². The summed E-state index contributed by atoms with van der Waals surface area (Å²) in [6, 6.07) is 3.34. The lowest BCUT2D eigenvalue weighted by molar-refractivity contribution is -0.118. The van der Waals surface area contributed by atoms with Gasteiger partial charge in [-0.15, -0.1) is 0 Å². The van der Waals surface area contributed by atoms with Crippen molar-refractivity contribution in [2.24, 2.45) is 10.4 Å². The summed E-state index contributed by atoms with van der Waals surface area (Å²) < 4.78 is 37.1. The molecular weight excluding hydrogens is 281 g/mol. The monoisotopic (exact) mass is 302 g/mol. The average Bonchev–Trinajstić information content (AvgIpc) is 2.35. The second-order valence-corrected chi connectivity index (χ2v) is 5.88. The number of hydrogen-bond acceptors (Lipinski definition) is 2. The van der Waals surface area contributed by atoms with E-state index in [-0.39, 0.29) is 17.4 Å². The van der Waals surface area contributed by atoms with Crippen LogP contribution < -0.4 is 10.6 Å². The first-order valence-corrected chi connectivity index (χ1v) is 6.63. The zero-order valence-corrected chi connectivity index (χ0v) is 12.6. The fourth-order valence-corrected chi connectivity index (χ4v) is 1.28. The van der Waals surface area contributed by atoms with Crippen molar-refractivity contribution in [2.75, 3.05) is 11.9 Å². The van der Waals surface area contributed by atoms with Crippen LogP contribution in [0.2, 0.25) is 0 Å². The van der Waals surface area contributed by atoms with Crippen molar-refractivity contribution in [3.8, 4) is 0 Å². The number of guanidine groups is 1. The maximum atomic E-state index is 12.4. The summed E-state index contributed by atoms with van der Waals surface area (Å²) in [7, 11) is 0. The van der Waals surface area contributed by atoms with Crippen molar-refractivity contribution in [1.82, 2.24) is 10.3 Å². The van der Waals surface area contributed by atoms with Crippen LogP contribution in [0.25, 0.3) is 0 Å². The van der Waals surface area contributed by atoms with Crippen LogP contribution in [-0.2, 0) is 0 Å². The molecular formula is C14H21F3N4. The minimum Gasteiger partial charge on any atom is -0.353 e. The molecule has 1 aromatic rings. The van der Waals surface area contributed by atoms with Gasteiger partial charge in [-0.25, -0.2) is 4.99 Å². The summed E-state index contributed by atoms with van der Waals surface area (Å²) in [6.07, 6.45) is -1.23. The third-order valence-electron chi connectivity index (χ3n) is 2.99. The molecule has 0 spiro atoms. The molecule has 7 heteroatoms. The van der Waals surface area contributed by atoms with Crippen LogP contribution in [-0.4, -0.2) is 29.7 Å². The van der Waals surface area contributed by atoms with E-state index in [0.29, 0.717) is 5.69 Å². The molecule has 1 aromatic heterocycles. The lowest BCUT2D eigenvalue weighted by atomic mass is 9.88. The van der Waals surface area contributed by atoms with E-state index in [1.54, 1.807) is 18.3 Å². The highest BCUT2D eigenvalue weighted by atomic mass is 19.4. The van der Waals surface area contributed by atoms with Gasteiger partial charge in [0.25, 0.3) is 0 Å². The van der Waals surface area contributed by atoms with Gasteiger partial charge in [0.2, 0.25) is 0 Å². The SMILES string of the molecule is CC(NC(=NCC(F)(F)F)Nc1cccnc1)C(C)(C)C. The highest BCUT2D eigenvalue weighted by molar-refractivity contribution is 5.93. The van der Waals surface area contributed by atoms with Gasteiger partial charge in [0.05, 0.1) is 11.9 Å². The third kappa shape index (κ3) is 6.97. The highest BCUT2D eigenvalue weighted by Gasteiger charge is 2.27. The van der Waals surface area contributed by atoms with E-state index >= 15 is 0 Å². The molecule has 1 unspecified atom stereocenters. The van der Waals surface area contributed by atoms with Crippen LogP contribution in [0.3, 0.4) is 0 Å². The molecule has 2 N–H and O–H groups in total. The zero-order valence-electron chi connectivity index (χ0n) is 12.6. The van der Waals surface area contributed by atoms with Gasteiger partial charge in [0.1, 0.15) is 6.54 Å². The van der Waals surface area contributed by atoms with Crippen molar-refractivity contribution >= 4 is 11.6 Å². The van der Waals surface area contributed by atoms with Crippen LogP contribution in [0.1, 0.15) is 27.7 Å². The molecule has 0 aliphatic carbocycles. The van der Waals surface area contributed by atoms with Crippen molar-refractivity contribution in [3.05, 3.63) is 24.5 Å². The summed E-state index contributed by atoms with van der Waals surface area (Å²) >= 11 is 0. The number of nitrogens with zero attached hydrogens (tertiary/aromatic N) is 2. The third-order valence-corrected chi connectivity index (χ3v) is 2.99. The smallest absolute Gasteiger partial charge is 0.353 e. The van der Waals surface area contributed by atoms with E-state index in [4.69, 9.17) is 0 Å². The van der Waals surface area contributed by atoms with E-state index in [0.717, 1.165) is 0 Å². The second-order valence-electron chi connectivity index (χ2n) is 5.88. The number of pyridine rings is 1. The van der Waals surface area contributed by atoms with Crippen LogP contribution in [0.4, 0.5) is 18.9 Å². The first-order chi connectivity index (χ1) is 9.58. The zero-order chi connectivity index (χ0) is 16.1. The topological polar surface area (TPSA) is 49.3 Å². The predicted octanol–water partition coefficient (Wildman–Crippen LogP) is 3.44. The van der Waals surface area contributed by atoms with Gasteiger partial charge in [-0.1, -0.05) is 20.8 Å². The molecule has 1 atom stereocenters. The molecule has 0 aromatic carbocycles. The Kier molecular flexibility index (Phi) is 5.57. The molecule has 1 rings (SSSR count). The van der Waals surface area contributed by atoms with E-state index < -0.39 is 12.7 Å². The first kappa shape index (κ1) is 17.3. The molecule has 21 heavy (non-hydrogen) atoms. The fourth-order valence-electron chi connectivity index (χ4n) is 1.28. The minimum atomic E-state index is -4.34. The van der Waals surface area contributed by atoms with E-state index in [2.05, 4.69) is 20.6 Å². The number of aromatic nitrogens is 1. The van der Waals surface area contributed by atoms with Gasteiger partial charge in [0, 0.05) is 12.2 Å². The molecule has 0 fully saturated rings. The number of aliphatic imine (C=N–C) groups is 1. The van der Waals surface area contributed by atoms with E-state index in [9.17, 15) is 13.2 Å². The second kappa shape index (κ2) is 6.78. The highest BCUT2D eigenvalue weighted by Crippen LogP contribution is 2.19. The maximum absolute atomic E-state index is 12.4. The molecule has 0 saturated carbocycles. The molecule has 0 aliphatic rings. The number of anilines is 1. The number of alkyl halides is 3. The van der Waals surface area contributed by atoms with Gasteiger partial charge >= 0.3 is 6.18 Å². The van der Waals surface area contributed by atoms with Crippen molar-refractivity contribution < 1.29 is 13.2 Å². The summed E-state index contributed by atoms with van der Waals surface area (Å²) in [5.74, 6) is 0.0859. The summed E-state index contributed by atoms with van der Waals surface area (Å²) in [6.45, 7) is 6.65. The van der Waals surface area contributed by atoms with Crippen LogP contribution in [0.15, 0.2) is 29.5 Å². The Bertz CT molecular complexity index is 463. The first-order valence-electron chi connectivity index (χ1n) is 6.63. The van der Waals surface area contributed by atoms with Crippen LogP contribution >= 0.6 is 0 Å². The van der Waals surface area contributed by atoms with Gasteiger partial charge in [-0.2, -0.15) is 13.2 Å². The Morgan fingerprint density at radius 1 is 1.33 bits per heavy atom. The van der Waals surface area contributed by atoms with Gasteiger partial charge < -0.3 is 10.6 Å². The minimum absolute atomic E-state index is 0.0614. The normalized spacial score (nSPS) is 14.7. The maximum Gasteiger partial charge on any atom is 0.408 e. The Morgan fingerprint density at radius 2 is 2.00 bits per heavy atom. The van der Waals surface area contributed by atoms with Crippen molar-refractivity contribution in [2.45, 2.75) is 39.9 Å². The Morgan fingerprint density at radius 3 is 2.48 bits per heavy atom. The van der Waals surface area contributed by atoms with Crippen molar-refractivity contribution in [3.63, 3.8) is 0 Å². The molecule has 0 radical (unpaired) electrons. The Labute approximate surface area is 122 Å². The molecule has 0 aliphatic heterocycles. The predicted molar refractivity (Wildman–Crippen MR) is 78.3 cm³/mol. The standard InChI is InChI=1S/C14H21F3N4/c1-10(13(2,3)4)20-12(19-9-14(15,16)17)21-11-6-5-7-18-8-11/h5-8,10H,9H2,1-4H3,(H2,19,20,21). The Balaban J connectivity index is 2.85. The summed E-state index contributed by atoms with van der Waals surface area (Å²) in [5.41, 5.74) is 0.461. The largest absolute Gasteiger partial charge is 0.408 e. The number of nitrogens with one attached hydrogen (secondary N) is 2. The number of hydrogen-bond donors (Lipinski definition) is 2. The lowest BCUT2D eigenvalue weighted by Gasteiger charge is -2.29. The molecule has 1 heterocycles. The fraction of sp³-hybridized carbons (Fsp3) is 0.571. The lowest BCUT2D eigenvalue weighted by Crippen LogP contribution is -2.44. The average molecular weight is 302 g/mol. The quantitative estimate of drug-likeness (QED) is 0.664. The number of halogens is 3. The van der Waals surface area contributed by atoms with Gasteiger partial charge in [-0.3, -0.25) is 4.98 Å². The summed E-state index contributed by atoms with van der Waals surface area (Å²) in [4.78, 5) is 7.49. The van der Waals surface area contributed by atoms with E-state index in [1.807, 2.05) is 27.7 Å². The van der Waals surface area contributed by atoms with Crippen molar-refractivity contribution in [1.29, 1.82) is 0 Å². The molecule has 0 amide bonds. The molecule has 0 saturated heterocycles. The molecule has 4 nitrogen and oxygen atoms in total. The molecule has 0 bridgehead atoms. The summed E-state index contributed by atoms with van der Waals surface area (Å²) in [5, 5.41) is 5.82. The molecule has 118 valence electrons.